The normalized spacial score (nSPS) is 18.6. The lowest BCUT2D eigenvalue weighted by Gasteiger charge is -2.19. The van der Waals surface area contributed by atoms with Gasteiger partial charge in [0.25, 0.3) is 0 Å². The van der Waals surface area contributed by atoms with E-state index < -0.39 is 33.0 Å². The molecule has 7 nitrogen and oxygen atoms in total. The van der Waals surface area contributed by atoms with E-state index in [1.807, 2.05) is 0 Å². The molecule has 22 heavy (non-hydrogen) atoms. The van der Waals surface area contributed by atoms with Crippen molar-refractivity contribution in [2.75, 3.05) is 18.6 Å². The fraction of sp³-hybridized carbons (Fsp3) is 0.333. The van der Waals surface area contributed by atoms with Gasteiger partial charge in [0.1, 0.15) is 11.1 Å². The predicted molar refractivity (Wildman–Crippen MR) is 79.3 cm³/mol. The van der Waals surface area contributed by atoms with E-state index in [-0.39, 0.29) is 28.7 Å². The second-order valence-electron chi connectivity index (χ2n) is 4.69. The second kappa shape index (κ2) is 5.94. The number of sulfonamides is 1. The first-order chi connectivity index (χ1) is 10.1. The van der Waals surface area contributed by atoms with Crippen LogP contribution in [0, 0.1) is 5.82 Å². The molecule has 0 radical (unpaired) electrons. The average molecular weight is 395 g/mol. The van der Waals surface area contributed by atoms with Crippen LogP contribution in [0.15, 0.2) is 16.6 Å². The van der Waals surface area contributed by atoms with Crippen molar-refractivity contribution in [2.24, 2.45) is 5.14 Å². The highest BCUT2D eigenvalue weighted by atomic mass is 79.9. The number of anilines is 1. The van der Waals surface area contributed by atoms with Gasteiger partial charge in [-0.3, -0.25) is 4.79 Å². The maximum Gasteiger partial charge on any atom is 0.340 e. The van der Waals surface area contributed by atoms with E-state index >= 15 is 0 Å². The quantitative estimate of drug-likeness (QED) is 0.761. The van der Waals surface area contributed by atoms with E-state index in [0.29, 0.717) is 0 Å². The Morgan fingerprint density at radius 1 is 1.50 bits per heavy atom. The van der Waals surface area contributed by atoms with Crippen molar-refractivity contribution in [1.82, 2.24) is 0 Å². The lowest BCUT2D eigenvalue weighted by atomic mass is 10.1. The number of nitrogens with two attached hydrogens (primary N) is 1. The van der Waals surface area contributed by atoms with Crippen LogP contribution in [0.2, 0.25) is 0 Å². The van der Waals surface area contributed by atoms with Crippen molar-refractivity contribution in [2.45, 2.75) is 11.7 Å². The zero-order valence-corrected chi connectivity index (χ0v) is 13.8. The van der Waals surface area contributed by atoms with Crippen LogP contribution in [-0.2, 0) is 19.6 Å². The molecule has 0 bridgehead atoms. The number of benzene rings is 1. The lowest BCUT2D eigenvalue weighted by Crippen LogP contribution is -2.32. The molecule has 1 unspecified atom stereocenters. The van der Waals surface area contributed by atoms with Crippen LogP contribution in [-0.4, -0.2) is 39.2 Å². The van der Waals surface area contributed by atoms with Gasteiger partial charge in [0.15, 0.2) is 0 Å². The van der Waals surface area contributed by atoms with Crippen LogP contribution < -0.4 is 10.0 Å². The molecule has 1 aromatic rings. The van der Waals surface area contributed by atoms with E-state index in [1.54, 1.807) is 0 Å². The van der Waals surface area contributed by atoms with E-state index in [1.165, 1.54) is 6.07 Å². The number of nitrogens with zero attached hydrogens (tertiary/aromatic N) is 1. The van der Waals surface area contributed by atoms with Gasteiger partial charge < -0.3 is 9.64 Å². The Bertz CT molecular complexity index is 752. The molecule has 0 saturated carbocycles. The largest absolute Gasteiger partial charge is 0.465 e. The Labute approximate surface area is 134 Å². The van der Waals surface area contributed by atoms with Gasteiger partial charge in [-0.15, -0.1) is 0 Å². The van der Waals surface area contributed by atoms with Crippen LogP contribution in [0.1, 0.15) is 16.8 Å². The molecule has 1 atom stereocenters. The molecular formula is C12H12BrFN2O5S. The van der Waals surface area contributed by atoms with Crippen LogP contribution in [0.4, 0.5) is 10.1 Å². The van der Waals surface area contributed by atoms with Gasteiger partial charge in [-0.25, -0.2) is 22.7 Å². The van der Waals surface area contributed by atoms with Gasteiger partial charge in [0.05, 0.1) is 22.8 Å². The number of esters is 1. The molecule has 1 aromatic carbocycles. The molecule has 0 aliphatic carbocycles. The van der Waals surface area contributed by atoms with E-state index in [9.17, 15) is 22.4 Å². The number of primary sulfonamides is 1. The number of ether oxygens (including phenoxy) is 1. The summed E-state index contributed by atoms with van der Waals surface area (Å²) in [6.07, 6.45) is -0.322. The minimum absolute atomic E-state index is 0.0197. The maximum absolute atomic E-state index is 13.8. The van der Waals surface area contributed by atoms with E-state index in [2.05, 4.69) is 20.7 Å². The topological polar surface area (TPSA) is 107 Å². The first-order valence-electron chi connectivity index (χ1n) is 6.04. The Kier molecular flexibility index (Phi) is 4.54. The number of rotatable bonds is 3. The number of halogens is 2. The number of hydrogen-bond donors (Lipinski definition) is 1. The van der Waals surface area contributed by atoms with Gasteiger partial charge in [0.2, 0.25) is 15.9 Å². The van der Waals surface area contributed by atoms with Gasteiger partial charge in [-0.05, 0) is 28.1 Å². The van der Waals surface area contributed by atoms with E-state index in [0.717, 1.165) is 18.1 Å². The fourth-order valence-electron chi connectivity index (χ4n) is 2.16. The second-order valence-corrected chi connectivity index (χ2v) is 7.39. The minimum atomic E-state index is -3.92. The summed E-state index contributed by atoms with van der Waals surface area (Å²) in [7, 11) is -2.77. The first-order valence-corrected chi connectivity index (χ1v) is 8.44. The summed E-state index contributed by atoms with van der Waals surface area (Å²) >= 11 is 2.94. The van der Waals surface area contributed by atoms with Crippen molar-refractivity contribution >= 4 is 43.5 Å². The molecule has 1 amide bonds. The number of carbonyl (C=O) groups excluding carboxylic acids is 2. The number of amides is 1. The third kappa shape index (κ3) is 3.13. The van der Waals surface area contributed by atoms with E-state index in [4.69, 9.17) is 5.14 Å². The zero-order valence-electron chi connectivity index (χ0n) is 11.4. The summed E-state index contributed by atoms with van der Waals surface area (Å²) < 4.78 is 41.1. The Balaban J connectivity index is 2.50. The van der Waals surface area contributed by atoms with Crippen molar-refractivity contribution in [3.05, 3.63) is 28.0 Å². The molecule has 120 valence electrons. The van der Waals surface area contributed by atoms with Crippen LogP contribution in [0.5, 0.6) is 0 Å². The summed E-state index contributed by atoms with van der Waals surface area (Å²) in [5.74, 6) is -2.04. The highest BCUT2D eigenvalue weighted by Crippen LogP contribution is 2.32. The van der Waals surface area contributed by atoms with Gasteiger partial charge in [0, 0.05) is 13.0 Å². The Hall–Kier alpha value is -1.52. The van der Waals surface area contributed by atoms with Gasteiger partial charge >= 0.3 is 5.97 Å². The molecule has 10 heteroatoms. The van der Waals surface area contributed by atoms with Crippen molar-refractivity contribution < 1.29 is 27.1 Å². The van der Waals surface area contributed by atoms with Crippen LogP contribution in [0.25, 0.3) is 0 Å². The molecule has 1 aliphatic rings. The van der Waals surface area contributed by atoms with Gasteiger partial charge in [-0.2, -0.15) is 0 Å². The maximum atomic E-state index is 13.8. The third-order valence-corrected chi connectivity index (χ3v) is 5.14. The van der Waals surface area contributed by atoms with Gasteiger partial charge in [-0.1, -0.05) is 0 Å². The average Bonchev–Trinajstić information content (AvgIpc) is 2.82. The zero-order chi connectivity index (χ0) is 16.7. The summed E-state index contributed by atoms with van der Waals surface area (Å²) in [6.45, 7) is -0.247. The highest BCUT2D eigenvalue weighted by molar-refractivity contribution is 9.10. The number of methoxy groups -OCH3 is 1. The molecule has 1 fully saturated rings. The summed E-state index contributed by atoms with van der Waals surface area (Å²) in [5.41, 5.74) is -0.108. The van der Waals surface area contributed by atoms with Crippen LogP contribution in [0.3, 0.4) is 0 Å². The molecule has 2 N–H and O–H groups in total. The highest BCUT2D eigenvalue weighted by Gasteiger charge is 2.38. The standard InChI is InChI=1S/C12H12BrFN2O5S/c1-21-12(18)7-3-8(13)9(14)4-10(7)16-5-6(2-11(16)17)22(15,19)20/h3-4,6H,2,5H2,1H3,(H2,15,19,20). The van der Waals surface area contributed by atoms with Crippen LogP contribution >= 0.6 is 15.9 Å². The molecule has 2 rings (SSSR count). The first kappa shape index (κ1) is 16.8. The smallest absolute Gasteiger partial charge is 0.340 e. The number of carbonyl (C=O) groups is 2. The SMILES string of the molecule is COC(=O)c1cc(Br)c(F)cc1N1CC(S(N)(=O)=O)CC1=O. The molecular weight excluding hydrogens is 383 g/mol. The molecule has 0 aromatic heterocycles. The molecule has 1 aliphatic heterocycles. The fourth-order valence-corrected chi connectivity index (χ4v) is 3.24. The molecule has 0 spiro atoms. The monoisotopic (exact) mass is 394 g/mol. The Morgan fingerprint density at radius 3 is 2.64 bits per heavy atom. The van der Waals surface area contributed by atoms with Crippen molar-refractivity contribution in [1.29, 1.82) is 0 Å². The van der Waals surface area contributed by atoms with Crippen molar-refractivity contribution in [3.63, 3.8) is 0 Å². The third-order valence-electron chi connectivity index (χ3n) is 3.29. The predicted octanol–water partition coefficient (Wildman–Crippen LogP) is 0.769. The Morgan fingerprint density at radius 2 is 2.14 bits per heavy atom. The lowest BCUT2D eigenvalue weighted by molar-refractivity contribution is -0.117. The summed E-state index contributed by atoms with van der Waals surface area (Å²) in [5, 5.41) is 3.94. The molecule has 1 heterocycles. The van der Waals surface area contributed by atoms with Crippen molar-refractivity contribution in [3.8, 4) is 0 Å². The molecule has 1 saturated heterocycles. The number of hydrogen-bond acceptors (Lipinski definition) is 5. The minimum Gasteiger partial charge on any atom is -0.465 e. The summed E-state index contributed by atoms with van der Waals surface area (Å²) in [6, 6.07) is 2.15. The summed E-state index contributed by atoms with van der Waals surface area (Å²) in [4.78, 5) is 24.8.